The van der Waals surface area contributed by atoms with Gasteiger partial charge in [-0.25, -0.2) is 4.98 Å². The topological polar surface area (TPSA) is 71.5 Å². The van der Waals surface area contributed by atoms with Gasteiger partial charge in [-0.3, -0.25) is 0 Å². The Balaban J connectivity index is 2.01. The molecule has 0 saturated carbocycles. The molecular formula is C18H27N5O2. The first-order valence-electron chi connectivity index (χ1n) is 8.21. The molecule has 0 aliphatic carbocycles. The van der Waals surface area contributed by atoms with Gasteiger partial charge in [0.1, 0.15) is 5.82 Å². The van der Waals surface area contributed by atoms with E-state index in [1.54, 1.807) is 14.2 Å². The van der Waals surface area contributed by atoms with E-state index < -0.39 is 0 Å². The fraction of sp³-hybridized carbons (Fsp3) is 0.444. The minimum absolute atomic E-state index is 0.598. The van der Waals surface area contributed by atoms with Crippen molar-refractivity contribution >= 4 is 11.8 Å². The van der Waals surface area contributed by atoms with Crippen LogP contribution in [-0.2, 0) is 6.54 Å². The predicted molar refractivity (Wildman–Crippen MR) is 101 cm³/mol. The normalized spacial score (nSPS) is 10.6. The third kappa shape index (κ3) is 5.79. The third-order valence-electron chi connectivity index (χ3n) is 3.62. The minimum atomic E-state index is 0.598. The number of methoxy groups -OCH3 is 2. The lowest BCUT2D eigenvalue weighted by Gasteiger charge is -2.13. The molecule has 2 N–H and O–H groups in total. The van der Waals surface area contributed by atoms with Crippen LogP contribution in [0.2, 0.25) is 0 Å². The van der Waals surface area contributed by atoms with Gasteiger partial charge in [0.15, 0.2) is 11.5 Å². The standard InChI is InChI=1S/C18H27N5O2/c1-13-10-17(19-8-9-23(2)3)22-18(21-13)20-12-14-6-7-15(24-4)16(11-14)25-5/h6-7,10-11H,8-9,12H2,1-5H3,(H2,19,20,21,22). The van der Waals surface area contributed by atoms with E-state index >= 15 is 0 Å². The molecule has 0 amide bonds. The number of hydrogen-bond donors (Lipinski definition) is 2. The summed E-state index contributed by atoms with van der Waals surface area (Å²) in [6, 6.07) is 7.76. The minimum Gasteiger partial charge on any atom is -0.493 e. The van der Waals surface area contributed by atoms with E-state index in [4.69, 9.17) is 9.47 Å². The van der Waals surface area contributed by atoms with Gasteiger partial charge in [-0.2, -0.15) is 4.98 Å². The number of nitrogens with one attached hydrogen (secondary N) is 2. The quantitative estimate of drug-likeness (QED) is 0.723. The maximum atomic E-state index is 5.33. The van der Waals surface area contributed by atoms with Crippen LogP contribution in [0.5, 0.6) is 11.5 Å². The Labute approximate surface area is 149 Å². The summed E-state index contributed by atoms with van der Waals surface area (Å²) in [6.07, 6.45) is 0. The van der Waals surface area contributed by atoms with Crippen LogP contribution in [0, 0.1) is 6.92 Å². The Kier molecular flexibility index (Phi) is 6.82. The molecule has 1 aromatic heterocycles. The Hall–Kier alpha value is -2.54. The maximum absolute atomic E-state index is 5.33. The molecule has 1 heterocycles. The molecule has 0 bridgehead atoms. The largest absolute Gasteiger partial charge is 0.493 e. The molecule has 0 atom stereocenters. The highest BCUT2D eigenvalue weighted by atomic mass is 16.5. The average Bonchev–Trinajstić information content (AvgIpc) is 2.59. The van der Waals surface area contributed by atoms with E-state index in [0.29, 0.717) is 24.0 Å². The number of rotatable bonds is 9. The molecule has 0 radical (unpaired) electrons. The molecule has 0 unspecified atom stereocenters. The highest BCUT2D eigenvalue weighted by Gasteiger charge is 2.06. The van der Waals surface area contributed by atoms with Crippen molar-refractivity contribution in [3.8, 4) is 11.5 Å². The van der Waals surface area contributed by atoms with Crippen LogP contribution in [0.4, 0.5) is 11.8 Å². The Morgan fingerprint density at radius 3 is 2.44 bits per heavy atom. The van der Waals surface area contributed by atoms with Crippen molar-refractivity contribution in [2.75, 3.05) is 52.0 Å². The summed E-state index contributed by atoms with van der Waals surface area (Å²) in [5.41, 5.74) is 1.97. The van der Waals surface area contributed by atoms with Crippen LogP contribution < -0.4 is 20.1 Å². The first kappa shape index (κ1) is 18.8. The second-order valence-electron chi connectivity index (χ2n) is 5.99. The van der Waals surface area contributed by atoms with Crippen LogP contribution in [0.3, 0.4) is 0 Å². The smallest absolute Gasteiger partial charge is 0.225 e. The molecule has 7 heteroatoms. The van der Waals surface area contributed by atoms with Gasteiger partial charge in [-0.05, 0) is 38.7 Å². The molecule has 0 aliphatic rings. The van der Waals surface area contributed by atoms with Crippen LogP contribution in [-0.4, -0.2) is 56.3 Å². The van der Waals surface area contributed by atoms with Gasteiger partial charge < -0.3 is 25.0 Å². The highest BCUT2D eigenvalue weighted by Crippen LogP contribution is 2.27. The van der Waals surface area contributed by atoms with E-state index in [-0.39, 0.29) is 0 Å². The molecule has 25 heavy (non-hydrogen) atoms. The summed E-state index contributed by atoms with van der Waals surface area (Å²) in [6.45, 7) is 4.33. The lowest BCUT2D eigenvalue weighted by atomic mass is 10.2. The third-order valence-corrected chi connectivity index (χ3v) is 3.62. The number of nitrogens with zero attached hydrogens (tertiary/aromatic N) is 3. The molecule has 2 rings (SSSR count). The zero-order valence-corrected chi connectivity index (χ0v) is 15.6. The summed E-state index contributed by atoms with van der Waals surface area (Å²) < 4.78 is 10.6. The summed E-state index contributed by atoms with van der Waals surface area (Å²) in [5, 5.41) is 6.58. The van der Waals surface area contributed by atoms with Gasteiger partial charge >= 0.3 is 0 Å². The van der Waals surface area contributed by atoms with Crippen molar-refractivity contribution in [2.24, 2.45) is 0 Å². The molecular weight excluding hydrogens is 318 g/mol. The molecule has 0 fully saturated rings. The number of aromatic nitrogens is 2. The first-order valence-corrected chi connectivity index (χ1v) is 8.21. The number of hydrogen-bond acceptors (Lipinski definition) is 7. The van der Waals surface area contributed by atoms with Crippen LogP contribution in [0.1, 0.15) is 11.3 Å². The second-order valence-corrected chi connectivity index (χ2v) is 5.99. The highest BCUT2D eigenvalue weighted by molar-refractivity contribution is 5.45. The van der Waals surface area contributed by atoms with Crippen LogP contribution in [0.15, 0.2) is 24.3 Å². The van der Waals surface area contributed by atoms with Gasteiger partial charge in [-0.15, -0.1) is 0 Å². The monoisotopic (exact) mass is 345 g/mol. The number of anilines is 2. The zero-order chi connectivity index (χ0) is 18.2. The number of benzene rings is 1. The molecule has 0 aliphatic heterocycles. The maximum Gasteiger partial charge on any atom is 0.225 e. The van der Waals surface area contributed by atoms with Gasteiger partial charge in [0.05, 0.1) is 14.2 Å². The fourth-order valence-electron chi connectivity index (χ4n) is 2.32. The Bertz CT molecular complexity index is 691. The van der Waals surface area contributed by atoms with Crippen LogP contribution >= 0.6 is 0 Å². The van der Waals surface area contributed by atoms with Crippen LogP contribution in [0.25, 0.3) is 0 Å². The zero-order valence-electron chi connectivity index (χ0n) is 15.6. The molecule has 1 aromatic carbocycles. The number of likely N-dealkylation sites (N-methyl/N-ethyl adjacent to an activating group) is 1. The lowest BCUT2D eigenvalue weighted by molar-refractivity contribution is 0.354. The average molecular weight is 345 g/mol. The summed E-state index contributed by atoms with van der Waals surface area (Å²) in [5.74, 6) is 2.84. The van der Waals surface area contributed by atoms with Crippen molar-refractivity contribution in [3.63, 3.8) is 0 Å². The molecule has 7 nitrogen and oxygen atoms in total. The Morgan fingerprint density at radius 1 is 1.00 bits per heavy atom. The van der Waals surface area contributed by atoms with Crippen molar-refractivity contribution in [2.45, 2.75) is 13.5 Å². The van der Waals surface area contributed by atoms with Gasteiger partial charge in [-0.1, -0.05) is 6.07 Å². The van der Waals surface area contributed by atoms with Gasteiger partial charge in [0, 0.05) is 31.4 Å². The molecule has 0 saturated heterocycles. The second kappa shape index (κ2) is 9.08. The number of aryl methyl sites for hydroxylation is 1. The van der Waals surface area contributed by atoms with Crippen molar-refractivity contribution in [3.05, 3.63) is 35.5 Å². The SMILES string of the molecule is COc1ccc(CNc2nc(C)cc(NCCN(C)C)n2)cc1OC. The molecule has 136 valence electrons. The fourth-order valence-corrected chi connectivity index (χ4v) is 2.32. The number of ether oxygens (including phenoxy) is 2. The van der Waals surface area contributed by atoms with E-state index in [1.165, 1.54) is 0 Å². The molecule has 0 spiro atoms. The summed E-state index contributed by atoms with van der Waals surface area (Å²) in [7, 11) is 7.34. The Morgan fingerprint density at radius 2 is 1.76 bits per heavy atom. The lowest BCUT2D eigenvalue weighted by Crippen LogP contribution is -2.21. The summed E-state index contributed by atoms with van der Waals surface area (Å²) in [4.78, 5) is 11.1. The van der Waals surface area contributed by atoms with Gasteiger partial charge in [0.25, 0.3) is 0 Å². The van der Waals surface area contributed by atoms with Crippen molar-refractivity contribution in [1.82, 2.24) is 14.9 Å². The van der Waals surface area contributed by atoms with E-state index in [9.17, 15) is 0 Å². The van der Waals surface area contributed by atoms with E-state index in [0.717, 1.165) is 30.2 Å². The predicted octanol–water partition coefficient (Wildman–Crippen LogP) is 2.39. The van der Waals surface area contributed by atoms with Crippen molar-refractivity contribution < 1.29 is 9.47 Å². The molecule has 2 aromatic rings. The van der Waals surface area contributed by atoms with Crippen molar-refractivity contribution in [1.29, 1.82) is 0 Å². The first-order chi connectivity index (χ1) is 12.0. The van der Waals surface area contributed by atoms with E-state index in [1.807, 2.05) is 45.3 Å². The summed E-state index contributed by atoms with van der Waals surface area (Å²) >= 11 is 0. The van der Waals surface area contributed by atoms with Gasteiger partial charge in [0.2, 0.25) is 5.95 Å². The van der Waals surface area contributed by atoms with E-state index in [2.05, 4.69) is 25.5 Å².